The largest absolute Gasteiger partial charge is 0.398 e. The Morgan fingerprint density at radius 3 is 2.63 bits per heavy atom. The van der Waals surface area contributed by atoms with Crippen molar-refractivity contribution in [1.82, 2.24) is 4.98 Å². The second kappa shape index (κ2) is 7.41. The number of benzene rings is 2. The van der Waals surface area contributed by atoms with E-state index in [0.29, 0.717) is 22.3 Å². The molecule has 1 aliphatic rings. The second-order valence-electron chi connectivity index (χ2n) is 6.87. The number of carbonyl (C=O) groups excluding carboxylic acids is 1. The zero-order chi connectivity index (χ0) is 18.8. The molecule has 0 bridgehead atoms. The van der Waals surface area contributed by atoms with Crippen LogP contribution in [0.5, 0.6) is 0 Å². The van der Waals surface area contributed by atoms with Gasteiger partial charge in [-0.1, -0.05) is 30.2 Å². The van der Waals surface area contributed by atoms with Crippen LogP contribution in [0.1, 0.15) is 36.4 Å². The number of aromatic nitrogens is 1. The molecular formula is C22H20ClN3O. The molecule has 4 nitrogen and oxygen atoms in total. The minimum atomic E-state index is -0.207. The standard InChI is InChI=1S/C22H20ClN3O/c23-16-7-4-14(5-8-16)6-11-22(27)25-17-9-10-20-18(12-17)19(24)13-21(26-20)15-2-1-3-15/h4-13,15H,1-3H2,(H2,24,26)(H,25,27)/b11-6+. The van der Waals surface area contributed by atoms with Crippen LogP contribution in [-0.2, 0) is 4.79 Å². The van der Waals surface area contributed by atoms with Crippen molar-refractivity contribution in [1.29, 1.82) is 0 Å². The lowest BCUT2D eigenvalue weighted by atomic mass is 9.82. The minimum absolute atomic E-state index is 0.207. The third-order valence-corrected chi connectivity index (χ3v) is 5.20. The van der Waals surface area contributed by atoms with Crippen molar-refractivity contribution in [2.45, 2.75) is 25.2 Å². The number of nitrogen functional groups attached to an aromatic ring is 1. The molecule has 0 spiro atoms. The lowest BCUT2D eigenvalue weighted by molar-refractivity contribution is -0.111. The highest BCUT2D eigenvalue weighted by Crippen LogP contribution is 2.37. The van der Waals surface area contributed by atoms with Gasteiger partial charge < -0.3 is 11.1 Å². The number of carbonyl (C=O) groups is 1. The van der Waals surface area contributed by atoms with E-state index in [2.05, 4.69) is 5.32 Å². The first-order chi connectivity index (χ1) is 13.1. The van der Waals surface area contributed by atoms with Gasteiger partial charge in [0.15, 0.2) is 0 Å². The van der Waals surface area contributed by atoms with Crippen LogP contribution in [-0.4, -0.2) is 10.9 Å². The first-order valence-electron chi connectivity index (χ1n) is 9.03. The molecular weight excluding hydrogens is 358 g/mol. The van der Waals surface area contributed by atoms with Gasteiger partial charge in [0.1, 0.15) is 0 Å². The molecule has 136 valence electrons. The molecule has 3 aromatic rings. The van der Waals surface area contributed by atoms with Crippen LogP contribution >= 0.6 is 11.6 Å². The Labute approximate surface area is 163 Å². The van der Waals surface area contributed by atoms with Gasteiger partial charge in [0.05, 0.1) is 5.52 Å². The van der Waals surface area contributed by atoms with E-state index < -0.39 is 0 Å². The molecule has 4 rings (SSSR count). The normalized spacial score (nSPS) is 14.4. The number of halogens is 1. The predicted molar refractivity (Wildman–Crippen MR) is 112 cm³/mol. The van der Waals surface area contributed by atoms with Gasteiger partial charge in [0.2, 0.25) is 5.91 Å². The molecule has 1 fully saturated rings. The van der Waals surface area contributed by atoms with Crippen LogP contribution in [0.15, 0.2) is 54.6 Å². The van der Waals surface area contributed by atoms with Crippen molar-refractivity contribution in [3.8, 4) is 0 Å². The highest BCUT2D eigenvalue weighted by Gasteiger charge is 2.21. The zero-order valence-electron chi connectivity index (χ0n) is 14.8. The SMILES string of the molecule is Nc1cc(C2CCC2)nc2ccc(NC(=O)/C=C/c3ccc(Cl)cc3)cc12. The van der Waals surface area contributed by atoms with E-state index in [9.17, 15) is 4.79 Å². The topological polar surface area (TPSA) is 68.0 Å². The van der Waals surface area contributed by atoms with E-state index in [0.717, 1.165) is 22.2 Å². The van der Waals surface area contributed by atoms with Crippen LogP contribution in [0.25, 0.3) is 17.0 Å². The summed E-state index contributed by atoms with van der Waals surface area (Å²) >= 11 is 5.86. The highest BCUT2D eigenvalue weighted by molar-refractivity contribution is 6.30. The summed E-state index contributed by atoms with van der Waals surface area (Å²) in [5, 5.41) is 4.39. The fourth-order valence-corrected chi connectivity index (χ4v) is 3.32. The van der Waals surface area contributed by atoms with E-state index >= 15 is 0 Å². The van der Waals surface area contributed by atoms with Crippen LogP contribution in [0.4, 0.5) is 11.4 Å². The van der Waals surface area contributed by atoms with Crippen molar-refractivity contribution in [2.24, 2.45) is 0 Å². The van der Waals surface area contributed by atoms with Crippen molar-refractivity contribution in [2.75, 3.05) is 11.1 Å². The molecule has 0 aliphatic heterocycles. The maximum atomic E-state index is 12.2. The number of hydrogen-bond donors (Lipinski definition) is 2. The number of nitrogens with zero attached hydrogens (tertiary/aromatic N) is 1. The van der Waals surface area contributed by atoms with Gasteiger partial charge in [-0.05, 0) is 60.9 Å². The number of rotatable bonds is 4. The van der Waals surface area contributed by atoms with Crippen molar-refractivity contribution in [3.05, 3.63) is 70.9 Å². The molecule has 0 unspecified atom stereocenters. The lowest BCUT2D eigenvalue weighted by Gasteiger charge is -2.25. The van der Waals surface area contributed by atoms with Gasteiger partial charge in [0, 0.05) is 39.5 Å². The quantitative estimate of drug-likeness (QED) is 0.599. The summed E-state index contributed by atoms with van der Waals surface area (Å²) in [5.74, 6) is 0.330. The van der Waals surface area contributed by atoms with E-state index in [-0.39, 0.29) is 5.91 Å². The van der Waals surface area contributed by atoms with E-state index in [1.807, 2.05) is 36.4 Å². The molecule has 0 saturated heterocycles. The van der Waals surface area contributed by atoms with Crippen molar-refractivity contribution >= 4 is 45.9 Å². The Kier molecular flexibility index (Phi) is 4.82. The van der Waals surface area contributed by atoms with Gasteiger partial charge in [0.25, 0.3) is 0 Å². The van der Waals surface area contributed by atoms with Crippen LogP contribution in [0, 0.1) is 0 Å². The zero-order valence-corrected chi connectivity index (χ0v) is 15.5. The number of nitrogens with two attached hydrogens (primary N) is 1. The van der Waals surface area contributed by atoms with Gasteiger partial charge in [-0.2, -0.15) is 0 Å². The Bertz CT molecular complexity index is 1020. The Morgan fingerprint density at radius 2 is 1.93 bits per heavy atom. The molecule has 2 aromatic carbocycles. The van der Waals surface area contributed by atoms with Crippen LogP contribution in [0.3, 0.4) is 0 Å². The number of hydrogen-bond acceptors (Lipinski definition) is 3. The third kappa shape index (κ3) is 3.96. The van der Waals surface area contributed by atoms with Crippen molar-refractivity contribution in [3.63, 3.8) is 0 Å². The maximum absolute atomic E-state index is 12.2. The number of anilines is 2. The molecule has 1 amide bonds. The smallest absolute Gasteiger partial charge is 0.248 e. The first kappa shape index (κ1) is 17.6. The fourth-order valence-electron chi connectivity index (χ4n) is 3.19. The van der Waals surface area contributed by atoms with Gasteiger partial charge in [-0.3, -0.25) is 9.78 Å². The average molecular weight is 378 g/mol. The third-order valence-electron chi connectivity index (χ3n) is 4.95. The number of pyridine rings is 1. The lowest BCUT2D eigenvalue weighted by Crippen LogP contribution is -2.11. The second-order valence-corrected chi connectivity index (χ2v) is 7.31. The predicted octanol–water partition coefficient (Wildman–Crippen LogP) is 5.39. The molecule has 1 aliphatic carbocycles. The molecule has 1 aromatic heterocycles. The summed E-state index contributed by atoms with van der Waals surface area (Å²) in [6.45, 7) is 0. The van der Waals surface area contributed by atoms with E-state index in [4.69, 9.17) is 22.3 Å². The van der Waals surface area contributed by atoms with Gasteiger partial charge in [-0.25, -0.2) is 0 Å². The Balaban J connectivity index is 1.50. The van der Waals surface area contributed by atoms with Gasteiger partial charge in [-0.15, -0.1) is 0 Å². The molecule has 1 saturated carbocycles. The highest BCUT2D eigenvalue weighted by atomic mass is 35.5. The summed E-state index contributed by atoms with van der Waals surface area (Å²) in [7, 11) is 0. The molecule has 3 N–H and O–H groups in total. The molecule has 0 atom stereocenters. The van der Waals surface area contributed by atoms with E-state index in [1.54, 1.807) is 18.2 Å². The Morgan fingerprint density at radius 1 is 1.15 bits per heavy atom. The van der Waals surface area contributed by atoms with E-state index in [1.165, 1.54) is 25.3 Å². The maximum Gasteiger partial charge on any atom is 0.248 e. The first-order valence-corrected chi connectivity index (χ1v) is 9.41. The Hall–Kier alpha value is -2.85. The van der Waals surface area contributed by atoms with Gasteiger partial charge >= 0.3 is 0 Å². The summed E-state index contributed by atoms with van der Waals surface area (Å²) in [6, 6.07) is 14.9. The molecule has 0 radical (unpaired) electrons. The molecule has 1 heterocycles. The minimum Gasteiger partial charge on any atom is -0.398 e. The summed E-state index contributed by atoms with van der Waals surface area (Å²) in [6.07, 6.45) is 6.87. The summed E-state index contributed by atoms with van der Waals surface area (Å²) < 4.78 is 0. The molecule has 5 heteroatoms. The fraction of sp³-hybridized carbons (Fsp3) is 0.182. The summed E-state index contributed by atoms with van der Waals surface area (Å²) in [5.41, 5.74) is 10.5. The monoisotopic (exact) mass is 377 g/mol. The molecule has 27 heavy (non-hydrogen) atoms. The van der Waals surface area contributed by atoms with Crippen molar-refractivity contribution < 1.29 is 4.79 Å². The number of fused-ring (bicyclic) bond motifs is 1. The number of nitrogens with one attached hydrogen (secondary N) is 1. The average Bonchev–Trinajstić information content (AvgIpc) is 2.60. The number of amides is 1. The van der Waals surface area contributed by atoms with Crippen LogP contribution < -0.4 is 11.1 Å². The summed E-state index contributed by atoms with van der Waals surface area (Å²) in [4.78, 5) is 16.9. The van der Waals surface area contributed by atoms with Crippen LogP contribution in [0.2, 0.25) is 5.02 Å².